The number of aromatic nitrogens is 3. The topological polar surface area (TPSA) is 69.0 Å². The summed E-state index contributed by atoms with van der Waals surface area (Å²) in [6.45, 7) is 4.87. The zero-order valence-corrected chi connectivity index (χ0v) is 16.8. The second-order valence-electron chi connectivity index (χ2n) is 6.77. The highest BCUT2D eigenvalue weighted by atomic mass is 35.5. The van der Waals surface area contributed by atoms with Crippen LogP contribution >= 0.6 is 11.6 Å². The quantitative estimate of drug-likeness (QED) is 0.631. The van der Waals surface area contributed by atoms with Crippen LogP contribution in [0.2, 0.25) is 5.02 Å². The lowest BCUT2D eigenvalue weighted by molar-refractivity contribution is 0.0731. The van der Waals surface area contributed by atoms with Gasteiger partial charge >= 0.3 is 0 Å². The molecule has 0 saturated carbocycles. The number of benzene rings is 1. The summed E-state index contributed by atoms with van der Waals surface area (Å²) in [5.74, 6) is -0.0546. The average molecular weight is 419 g/mol. The Labute approximate surface area is 172 Å². The molecular formula is C20H20ClFN4O3. The first kappa shape index (κ1) is 19.4. The lowest BCUT2D eigenvalue weighted by Crippen LogP contribution is -2.35. The molecule has 1 amide bonds. The molecule has 9 heteroatoms. The van der Waals surface area contributed by atoms with Crippen molar-refractivity contribution < 1.29 is 18.7 Å². The van der Waals surface area contributed by atoms with Gasteiger partial charge < -0.3 is 14.4 Å². The molecule has 2 aromatic heterocycles. The van der Waals surface area contributed by atoms with Crippen LogP contribution < -0.4 is 9.47 Å². The molecule has 1 aliphatic rings. The summed E-state index contributed by atoms with van der Waals surface area (Å²) < 4.78 is 27.4. The summed E-state index contributed by atoms with van der Waals surface area (Å²) in [4.78, 5) is 19.2. The molecule has 2 bridgehead atoms. The van der Waals surface area contributed by atoms with Crippen molar-refractivity contribution in [2.75, 3.05) is 19.7 Å². The van der Waals surface area contributed by atoms with Crippen molar-refractivity contribution in [2.24, 2.45) is 0 Å². The molecule has 1 aliphatic heterocycles. The van der Waals surface area contributed by atoms with Crippen LogP contribution in [0.5, 0.6) is 11.6 Å². The van der Waals surface area contributed by atoms with Crippen LogP contribution in [-0.4, -0.2) is 45.1 Å². The minimum absolute atomic E-state index is 0.0579. The molecule has 0 fully saturated rings. The van der Waals surface area contributed by atoms with E-state index in [0.717, 1.165) is 6.42 Å². The van der Waals surface area contributed by atoms with Crippen molar-refractivity contribution in [3.63, 3.8) is 0 Å². The fourth-order valence-corrected chi connectivity index (χ4v) is 3.69. The van der Waals surface area contributed by atoms with Gasteiger partial charge in [-0.05, 0) is 25.5 Å². The number of amides is 1. The number of carbonyl (C=O) groups is 1. The summed E-state index contributed by atoms with van der Waals surface area (Å²) in [5.41, 5.74) is 1.18. The molecule has 0 unspecified atom stereocenters. The fraction of sp³-hybridized carbons (Fsp3) is 0.350. The summed E-state index contributed by atoms with van der Waals surface area (Å²) >= 11 is 6.23. The number of hydrogen-bond donors (Lipinski definition) is 0. The van der Waals surface area contributed by atoms with E-state index >= 15 is 0 Å². The summed E-state index contributed by atoms with van der Waals surface area (Å²) in [7, 11) is 0. The van der Waals surface area contributed by atoms with E-state index in [1.54, 1.807) is 24.1 Å². The number of carbonyl (C=O) groups excluding carboxylic acids is 1. The van der Waals surface area contributed by atoms with E-state index in [4.69, 9.17) is 21.1 Å². The van der Waals surface area contributed by atoms with Crippen LogP contribution in [0.15, 0.2) is 30.6 Å². The predicted molar refractivity (Wildman–Crippen MR) is 105 cm³/mol. The lowest BCUT2D eigenvalue weighted by Gasteiger charge is -2.23. The number of fused-ring (bicyclic) bond motifs is 2. The van der Waals surface area contributed by atoms with Gasteiger partial charge in [0.2, 0.25) is 5.88 Å². The van der Waals surface area contributed by atoms with E-state index in [9.17, 15) is 9.18 Å². The Hall–Kier alpha value is -2.87. The van der Waals surface area contributed by atoms with Gasteiger partial charge in [-0.1, -0.05) is 18.5 Å². The zero-order valence-electron chi connectivity index (χ0n) is 16.1. The highest BCUT2D eigenvalue weighted by Crippen LogP contribution is 2.36. The maximum atomic E-state index is 14.1. The van der Waals surface area contributed by atoms with E-state index in [1.165, 1.54) is 22.8 Å². The van der Waals surface area contributed by atoms with Crippen molar-refractivity contribution in [1.29, 1.82) is 0 Å². The van der Waals surface area contributed by atoms with Crippen molar-refractivity contribution >= 4 is 23.2 Å². The number of halogens is 2. The number of rotatable bonds is 2. The first-order valence-electron chi connectivity index (χ1n) is 9.40. The largest absolute Gasteiger partial charge is 0.491 e. The minimum Gasteiger partial charge on any atom is -0.491 e. The maximum Gasteiger partial charge on any atom is 0.259 e. The first-order chi connectivity index (χ1) is 14.0. The van der Waals surface area contributed by atoms with Gasteiger partial charge in [0.15, 0.2) is 5.65 Å². The van der Waals surface area contributed by atoms with E-state index in [-0.39, 0.29) is 23.4 Å². The van der Waals surface area contributed by atoms with Gasteiger partial charge in [-0.25, -0.2) is 8.91 Å². The summed E-state index contributed by atoms with van der Waals surface area (Å²) in [6, 6.07) is 4.40. The van der Waals surface area contributed by atoms with Crippen LogP contribution in [0.1, 0.15) is 42.3 Å². The molecule has 1 aromatic carbocycles. The van der Waals surface area contributed by atoms with Gasteiger partial charge in [0.25, 0.3) is 5.91 Å². The summed E-state index contributed by atoms with van der Waals surface area (Å²) in [6.07, 6.45) is 3.33. The van der Waals surface area contributed by atoms with Gasteiger partial charge in [-0.15, -0.1) is 0 Å². The summed E-state index contributed by atoms with van der Waals surface area (Å²) in [5, 5.41) is 4.15. The Morgan fingerprint density at radius 2 is 2.17 bits per heavy atom. The second-order valence-corrected chi connectivity index (χ2v) is 7.14. The smallest absolute Gasteiger partial charge is 0.259 e. The Morgan fingerprint density at radius 3 is 2.97 bits per heavy atom. The maximum absolute atomic E-state index is 14.1. The Kier molecular flexibility index (Phi) is 5.27. The van der Waals surface area contributed by atoms with E-state index < -0.39 is 11.9 Å². The Morgan fingerprint density at radius 1 is 1.34 bits per heavy atom. The van der Waals surface area contributed by atoms with Gasteiger partial charge in [0.05, 0.1) is 23.3 Å². The van der Waals surface area contributed by atoms with E-state index in [0.29, 0.717) is 35.6 Å². The van der Waals surface area contributed by atoms with E-state index in [1.807, 2.05) is 6.92 Å². The molecule has 0 N–H and O–H groups in total. The number of ether oxygens (including phenoxy) is 2. The third kappa shape index (κ3) is 3.60. The van der Waals surface area contributed by atoms with E-state index in [2.05, 4.69) is 10.1 Å². The van der Waals surface area contributed by atoms with Crippen LogP contribution in [0.25, 0.3) is 5.65 Å². The first-order valence-corrected chi connectivity index (χ1v) is 9.78. The monoisotopic (exact) mass is 418 g/mol. The van der Waals surface area contributed by atoms with Crippen molar-refractivity contribution in [1.82, 2.24) is 19.5 Å². The predicted octanol–water partition coefficient (Wildman–Crippen LogP) is 3.91. The highest BCUT2D eigenvalue weighted by molar-refractivity contribution is 6.31. The molecule has 0 saturated heterocycles. The molecule has 0 aliphatic carbocycles. The molecular weight excluding hydrogens is 399 g/mol. The molecule has 3 aromatic rings. The molecule has 152 valence electrons. The van der Waals surface area contributed by atoms with Crippen molar-refractivity contribution in [3.8, 4) is 11.6 Å². The van der Waals surface area contributed by atoms with Crippen LogP contribution in [0.3, 0.4) is 0 Å². The van der Waals surface area contributed by atoms with Gasteiger partial charge in [-0.3, -0.25) is 4.79 Å². The van der Waals surface area contributed by atoms with Gasteiger partial charge in [0.1, 0.15) is 29.8 Å². The molecule has 7 nitrogen and oxygen atoms in total. The van der Waals surface area contributed by atoms with Crippen LogP contribution in [0.4, 0.5) is 4.39 Å². The third-order valence-corrected chi connectivity index (χ3v) is 5.15. The van der Waals surface area contributed by atoms with Gasteiger partial charge in [-0.2, -0.15) is 10.1 Å². The van der Waals surface area contributed by atoms with Gasteiger partial charge in [0, 0.05) is 18.8 Å². The molecule has 0 radical (unpaired) electrons. The third-order valence-electron chi connectivity index (χ3n) is 4.77. The highest BCUT2D eigenvalue weighted by Gasteiger charge is 2.25. The Balaban J connectivity index is 1.84. The molecule has 1 atom stereocenters. The van der Waals surface area contributed by atoms with Crippen LogP contribution in [0, 0.1) is 5.82 Å². The standard InChI is InChI=1S/C20H20ClFN4O3/c1-3-7-25-9-10-28-15-5-4-14(22)18(21)17(15)12(2)29-16-6-8-26-19(24-16)13(11-23-26)20(25)27/h4-6,8,11-12H,3,7,9-10H2,1-2H3/t12-/m1/s1. The molecule has 29 heavy (non-hydrogen) atoms. The number of hydrogen-bond acceptors (Lipinski definition) is 5. The number of nitrogens with zero attached hydrogens (tertiary/aromatic N) is 4. The normalized spacial score (nSPS) is 17.2. The Bertz CT molecular complexity index is 1070. The lowest BCUT2D eigenvalue weighted by atomic mass is 10.1. The van der Waals surface area contributed by atoms with Crippen molar-refractivity contribution in [3.05, 3.63) is 52.6 Å². The second kappa shape index (κ2) is 7.87. The van der Waals surface area contributed by atoms with Crippen molar-refractivity contribution in [2.45, 2.75) is 26.4 Å². The van der Waals surface area contributed by atoms with Crippen LogP contribution in [-0.2, 0) is 0 Å². The SMILES string of the molecule is CCCN1CCOc2ccc(F)c(Cl)c2[C@@H](C)Oc2ccn3ncc(c3n2)C1=O. The average Bonchev–Trinajstić information content (AvgIpc) is 3.12. The fourth-order valence-electron chi connectivity index (χ4n) is 3.38. The minimum atomic E-state index is -0.627. The molecule has 0 spiro atoms. The molecule has 3 heterocycles. The zero-order chi connectivity index (χ0) is 20.5. The molecule has 4 rings (SSSR count).